The van der Waals surface area contributed by atoms with Crippen molar-refractivity contribution in [2.24, 2.45) is 0 Å². The van der Waals surface area contributed by atoms with Gasteiger partial charge in [0.25, 0.3) is 11.8 Å². The number of amides is 2. The molecule has 2 amide bonds. The summed E-state index contributed by atoms with van der Waals surface area (Å²) in [5, 5.41) is 6.17. The van der Waals surface area contributed by atoms with Gasteiger partial charge in [-0.1, -0.05) is 18.2 Å². The van der Waals surface area contributed by atoms with E-state index in [1.807, 2.05) is 37.3 Å². The third-order valence-electron chi connectivity index (χ3n) is 3.44. The Balaban J connectivity index is 1.72. The van der Waals surface area contributed by atoms with E-state index in [4.69, 9.17) is 4.74 Å². The molecule has 0 saturated heterocycles. The second-order valence-corrected chi connectivity index (χ2v) is 5.93. The number of anilines is 1. The minimum Gasteiger partial charge on any atom is -0.455 e. The van der Waals surface area contributed by atoms with E-state index in [1.54, 1.807) is 21.7 Å². The molecule has 1 N–H and O–H groups in total. The van der Waals surface area contributed by atoms with Gasteiger partial charge in [0.05, 0.1) is 6.42 Å². The van der Waals surface area contributed by atoms with E-state index >= 15 is 0 Å². The molecular formula is C18H20N2O4S. The molecule has 2 aromatic rings. The number of likely N-dealkylation sites (N-methyl/N-ethyl adjacent to an activating group) is 1. The van der Waals surface area contributed by atoms with Crippen LogP contribution in [0.4, 0.5) is 5.69 Å². The quantitative estimate of drug-likeness (QED) is 0.734. The Hall–Kier alpha value is -2.67. The number of hydrogen-bond donors (Lipinski definition) is 1. The van der Waals surface area contributed by atoms with Gasteiger partial charge in [-0.3, -0.25) is 14.4 Å². The lowest BCUT2D eigenvalue weighted by molar-refractivity contribution is -0.147. The summed E-state index contributed by atoms with van der Waals surface area (Å²) in [6, 6.07) is 10.9. The number of benzene rings is 1. The van der Waals surface area contributed by atoms with Crippen LogP contribution in [0.5, 0.6) is 0 Å². The number of carbonyl (C=O) groups is 3. The maximum Gasteiger partial charge on any atom is 0.308 e. The van der Waals surface area contributed by atoms with Crippen LogP contribution in [0.15, 0.2) is 47.2 Å². The van der Waals surface area contributed by atoms with Crippen LogP contribution in [-0.4, -0.2) is 37.5 Å². The Morgan fingerprint density at radius 3 is 2.56 bits per heavy atom. The van der Waals surface area contributed by atoms with Crippen LogP contribution >= 0.6 is 11.3 Å². The van der Waals surface area contributed by atoms with Gasteiger partial charge in [0.15, 0.2) is 6.61 Å². The van der Waals surface area contributed by atoms with Crippen LogP contribution in [0, 0.1) is 0 Å². The molecule has 0 aliphatic carbocycles. The third-order valence-corrected chi connectivity index (χ3v) is 4.12. The van der Waals surface area contributed by atoms with Crippen LogP contribution in [0.3, 0.4) is 0 Å². The molecule has 0 aliphatic rings. The first-order valence-electron chi connectivity index (χ1n) is 7.93. The van der Waals surface area contributed by atoms with Gasteiger partial charge in [-0.25, -0.2) is 0 Å². The van der Waals surface area contributed by atoms with Gasteiger partial charge in [0.1, 0.15) is 0 Å². The highest BCUT2D eigenvalue weighted by Crippen LogP contribution is 2.13. The number of ether oxygens (including phenoxy) is 1. The number of nitrogens with zero attached hydrogens (tertiary/aromatic N) is 1. The Morgan fingerprint density at radius 2 is 1.92 bits per heavy atom. The van der Waals surface area contributed by atoms with Gasteiger partial charge in [-0.15, -0.1) is 0 Å². The lowest BCUT2D eigenvalue weighted by Crippen LogP contribution is -2.35. The van der Waals surface area contributed by atoms with Crippen LogP contribution in [-0.2, 0) is 14.3 Å². The Kier molecular flexibility index (Phi) is 7.16. The number of para-hydroxylation sites is 1. The summed E-state index contributed by atoms with van der Waals surface area (Å²) < 4.78 is 5.00. The van der Waals surface area contributed by atoms with E-state index < -0.39 is 5.97 Å². The monoisotopic (exact) mass is 360 g/mol. The van der Waals surface area contributed by atoms with E-state index in [0.717, 1.165) is 5.69 Å². The summed E-state index contributed by atoms with van der Waals surface area (Å²) in [5.74, 6) is -1.04. The molecule has 0 unspecified atom stereocenters. The van der Waals surface area contributed by atoms with Crippen LogP contribution in [0.2, 0.25) is 0 Å². The predicted molar refractivity (Wildman–Crippen MR) is 96.7 cm³/mol. The normalized spacial score (nSPS) is 10.1. The SMILES string of the molecule is CCN(C(=O)COC(=O)CCNC(=O)c1ccsc1)c1ccccc1. The molecule has 0 atom stereocenters. The van der Waals surface area contributed by atoms with Crippen molar-refractivity contribution in [1.82, 2.24) is 5.32 Å². The first-order valence-corrected chi connectivity index (χ1v) is 8.87. The maximum atomic E-state index is 12.2. The minimum atomic E-state index is -0.525. The molecular weight excluding hydrogens is 340 g/mol. The summed E-state index contributed by atoms with van der Waals surface area (Å²) >= 11 is 1.43. The highest BCUT2D eigenvalue weighted by atomic mass is 32.1. The molecule has 1 aromatic carbocycles. The molecule has 0 fully saturated rings. The predicted octanol–water partition coefficient (Wildman–Crippen LogP) is 2.46. The molecule has 0 aliphatic heterocycles. The van der Waals surface area contributed by atoms with Crippen LogP contribution in [0.1, 0.15) is 23.7 Å². The van der Waals surface area contributed by atoms with Gasteiger partial charge < -0.3 is 15.0 Å². The van der Waals surface area contributed by atoms with Gasteiger partial charge in [0, 0.05) is 29.7 Å². The zero-order valence-electron chi connectivity index (χ0n) is 13.9. The molecule has 1 heterocycles. The van der Waals surface area contributed by atoms with Crippen molar-refractivity contribution >= 4 is 34.8 Å². The lowest BCUT2D eigenvalue weighted by atomic mass is 10.3. The average Bonchev–Trinajstić information content (AvgIpc) is 3.16. The molecule has 0 spiro atoms. The number of carbonyl (C=O) groups excluding carboxylic acids is 3. The number of nitrogens with one attached hydrogen (secondary N) is 1. The fourth-order valence-corrected chi connectivity index (χ4v) is 2.81. The van der Waals surface area contributed by atoms with Crippen molar-refractivity contribution in [3.63, 3.8) is 0 Å². The van der Waals surface area contributed by atoms with Gasteiger partial charge in [0.2, 0.25) is 0 Å². The zero-order chi connectivity index (χ0) is 18.1. The van der Waals surface area contributed by atoms with Crippen molar-refractivity contribution < 1.29 is 19.1 Å². The van der Waals surface area contributed by atoms with E-state index in [-0.39, 0.29) is 31.4 Å². The number of esters is 1. The van der Waals surface area contributed by atoms with Crippen molar-refractivity contribution in [3.8, 4) is 0 Å². The average molecular weight is 360 g/mol. The van der Waals surface area contributed by atoms with E-state index in [1.165, 1.54) is 11.3 Å². The summed E-state index contributed by atoms with van der Waals surface area (Å²) in [4.78, 5) is 37.2. The van der Waals surface area contributed by atoms with Gasteiger partial charge >= 0.3 is 5.97 Å². The second-order valence-electron chi connectivity index (χ2n) is 5.15. The van der Waals surface area contributed by atoms with E-state index in [0.29, 0.717) is 12.1 Å². The highest BCUT2D eigenvalue weighted by Gasteiger charge is 2.16. The van der Waals surface area contributed by atoms with Crippen molar-refractivity contribution in [1.29, 1.82) is 0 Å². The van der Waals surface area contributed by atoms with Gasteiger partial charge in [-0.05, 0) is 30.5 Å². The van der Waals surface area contributed by atoms with Crippen LogP contribution in [0.25, 0.3) is 0 Å². The van der Waals surface area contributed by atoms with Crippen molar-refractivity contribution in [3.05, 3.63) is 52.7 Å². The molecule has 1 aromatic heterocycles. The molecule has 2 rings (SSSR count). The fraction of sp³-hybridized carbons (Fsp3) is 0.278. The zero-order valence-corrected chi connectivity index (χ0v) is 14.8. The smallest absolute Gasteiger partial charge is 0.308 e. The Morgan fingerprint density at radius 1 is 1.16 bits per heavy atom. The standard InChI is InChI=1S/C18H20N2O4S/c1-2-20(15-6-4-3-5-7-15)16(21)12-24-17(22)8-10-19-18(23)14-9-11-25-13-14/h3-7,9,11,13H,2,8,10,12H2,1H3,(H,19,23). The summed E-state index contributed by atoms with van der Waals surface area (Å²) in [5.41, 5.74) is 1.32. The number of hydrogen-bond acceptors (Lipinski definition) is 5. The summed E-state index contributed by atoms with van der Waals surface area (Å²) in [6.07, 6.45) is 0.0145. The molecule has 25 heavy (non-hydrogen) atoms. The Labute approximate surface area is 150 Å². The Bertz CT molecular complexity index is 701. The van der Waals surface area contributed by atoms with Crippen molar-refractivity contribution in [2.45, 2.75) is 13.3 Å². The minimum absolute atomic E-state index is 0.0145. The topological polar surface area (TPSA) is 75.7 Å². The third kappa shape index (κ3) is 5.72. The molecule has 0 radical (unpaired) electrons. The molecule has 0 saturated carbocycles. The van der Waals surface area contributed by atoms with Crippen molar-refractivity contribution in [2.75, 3.05) is 24.6 Å². The molecule has 6 nitrogen and oxygen atoms in total. The van der Waals surface area contributed by atoms with E-state index in [9.17, 15) is 14.4 Å². The first kappa shape index (κ1) is 18.7. The lowest BCUT2D eigenvalue weighted by Gasteiger charge is -2.20. The summed E-state index contributed by atoms with van der Waals surface area (Å²) in [6.45, 7) is 2.18. The van der Waals surface area contributed by atoms with Crippen LogP contribution < -0.4 is 10.2 Å². The van der Waals surface area contributed by atoms with E-state index in [2.05, 4.69) is 5.32 Å². The summed E-state index contributed by atoms with van der Waals surface area (Å²) in [7, 11) is 0. The largest absolute Gasteiger partial charge is 0.455 e. The molecule has 7 heteroatoms. The first-order chi connectivity index (χ1) is 12.1. The van der Waals surface area contributed by atoms with Gasteiger partial charge in [-0.2, -0.15) is 11.3 Å². The molecule has 0 bridgehead atoms. The number of rotatable bonds is 8. The fourth-order valence-electron chi connectivity index (χ4n) is 2.18. The highest BCUT2D eigenvalue weighted by molar-refractivity contribution is 7.08. The second kappa shape index (κ2) is 9.58. The number of thiophene rings is 1. The molecule has 132 valence electrons. The maximum absolute atomic E-state index is 12.2.